The Bertz CT molecular complexity index is 220. The van der Waals surface area contributed by atoms with Gasteiger partial charge in [-0.3, -0.25) is 0 Å². The SMILES string of the molecule is CC(C)CC1C(CP)CC(C(C)C)C(C)C1C. The average Bonchev–Trinajstić information content (AvgIpc) is 2.24. The molecule has 0 saturated heterocycles. The van der Waals surface area contributed by atoms with E-state index in [0.717, 1.165) is 41.4 Å². The number of hydrogen-bond acceptors (Lipinski definition) is 0. The minimum Gasteiger partial charge on any atom is -0.137 e. The van der Waals surface area contributed by atoms with E-state index in [1.807, 2.05) is 0 Å². The smallest absolute Gasteiger partial charge is 0.0346 e. The Kier molecular flexibility index (Phi) is 5.97. The minimum absolute atomic E-state index is 0.851. The summed E-state index contributed by atoms with van der Waals surface area (Å²) in [5, 5.41) is 0. The molecule has 102 valence electrons. The Balaban J connectivity index is 2.79. The van der Waals surface area contributed by atoms with Gasteiger partial charge >= 0.3 is 0 Å². The highest BCUT2D eigenvalue weighted by Crippen LogP contribution is 2.47. The molecule has 0 amide bonds. The van der Waals surface area contributed by atoms with Crippen LogP contribution in [0, 0.1) is 41.4 Å². The molecule has 1 heteroatoms. The minimum atomic E-state index is 0.851. The highest BCUT2D eigenvalue weighted by molar-refractivity contribution is 7.16. The lowest BCUT2D eigenvalue weighted by Crippen LogP contribution is -2.40. The van der Waals surface area contributed by atoms with E-state index in [-0.39, 0.29) is 0 Å². The third-order valence-electron chi connectivity index (χ3n) is 5.26. The molecule has 1 saturated carbocycles. The lowest BCUT2D eigenvalue weighted by Gasteiger charge is -2.47. The summed E-state index contributed by atoms with van der Waals surface area (Å²) >= 11 is 0. The molecule has 0 N–H and O–H groups in total. The van der Waals surface area contributed by atoms with E-state index in [1.54, 1.807) is 0 Å². The van der Waals surface area contributed by atoms with Crippen LogP contribution in [-0.4, -0.2) is 6.16 Å². The maximum absolute atomic E-state index is 3.01. The summed E-state index contributed by atoms with van der Waals surface area (Å²) in [5.41, 5.74) is 0. The van der Waals surface area contributed by atoms with Crippen LogP contribution in [0.4, 0.5) is 0 Å². The van der Waals surface area contributed by atoms with Crippen molar-refractivity contribution < 1.29 is 0 Å². The van der Waals surface area contributed by atoms with E-state index in [9.17, 15) is 0 Å². The Hall–Kier alpha value is 0.430. The second-order valence-electron chi connectivity index (χ2n) is 7.15. The first-order chi connectivity index (χ1) is 7.88. The van der Waals surface area contributed by atoms with E-state index in [2.05, 4.69) is 50.8 Å². The van der Waals surface area contributed by atoms with Gasteiger partial charge in [0.25, 0.3) is 0 Å². The molecule has 0 nitrogen and oxygen atoms in total. The predicted octanol–water partition coefficient (Wildman–Crippen LogP) is 5.09. The van der Waals surface area contributed by atoms with Gasteiger partial charge in [0.1, 0.15) is 0 Å². The van der Waals surface area contributed by atoms with Crippen LogP contribution in [0.25, 0.3) is 0 Å². The molecule has 0 radical (unpaired) electrons. The predicted molar refractivity (Wildman–Crippen MR) is 82.3 cm³/mol. The van der Waals surface area contributed by atoms with Crippen LogP contribution in [0.2, 0.25) is 0 Å². The van der Waals surface area contributed by atoms with E-state index in [4.69, 9.17) is 0 Å². The van der Waals surface area contributed by atoms with Gasteiger partial charge < -0.3 is 0 Å². The van der Waals surface area contributed by atoms with Crippen LogP contribution in [0.5, 0.6) is 0 Å². The third-order valence-corrected chi connectivity index (χ3v) is 5.87. The van der Waals surface area contributed by atoms with Crippen molar-refractivity contribution in [1.29, 1.82) is 0 Å². The normalized spacial score (nSPS) is 39.0. The molecule has 1 rings (SSSR count). The molecule has 0 aromatic carbocycles. The second-order valence-corrected chi connectivity index (χ2v) is 7.62. The summed E-state index contributed by atoms with van der Waals surface area (Å²) in [5.74, 6) is 6.36. The van der Waals surface area contributed by atoms with Gasteiger partial charge in [0.2, 0.25) is 0 Å². The van der Waals surface area contributed by atoms with Crippen molar-refractivity contribution in [2.24, 2.45) is 41.4 Å². The Labute approximate surface area is 112 Å². The lowest BCUT2D eigenvalue weighted by atomic mass is 9.59. The van der Waals surface area contributed by atoms with E-state index < -0.39 is 0 Å². The van der Waals surface area contributed by atoms with E-state index in [0.29, 0.717) is 0 Å². The first-order valence-corrected chi connectivity index (χ1v) is 8.40. The number of rotatable bonds is 4. The van der Waals surface area contributed by atoms with Gasteiger partial charge in [-0.2, -0.15) is 0 Å². The van der Waals surface area contributed by atoms with Gasteiger partial charge in [0.15, 0.2) is 0 Å². The summed E-state index contributed by atoms with van der Waals surface area (Å²) in [6.07, 6.45) is 4.19. The Morgan fingerprint density at radius 2 is 1.65 bits per heavy atom. The molecule has 1 aliphatic rings. The molecule has 0 aliphatic heterocycles. The zero-order valence-corrected chi connectivity index (χ0v) is 13.9. The average molecular weight is 256 g/mol. The van der Waals surface area contributed by atoms with Gasteiger partial charge in [-0.15, -0.1) is 9.24 Å². The van der Waals surface area contributed by atoms with Crippen molar-refractivity contribution in [3.05, 3.63) is 0 Å². The van der Waals surface area contributed by atoms with Crippen molar-refractivity contribution in [3.63, 3.8) is 0 Å². The van der Waals surface area contributed by atoms with Crippen LogP contribution < -0.4 is 0 Å². The summed E-state index contributed by atoms with van der Waals surface area (Å²) in [4.78, 5) is 0. The van der Waals surface area contributed by atoms with E-state index in [1.165, 1.54) is 19.0 Å². The fourth-order valence-corrected chi connectivity index (χ4v) is 4.59. The summed E-state index contributed by atoms with van der Waals surface area (Å²) in [6.45, 7) is 14.6. The topological polar surface area (TPSA) is 0 Å². The van der Waals surface area contributed by atoms with Crippen LogP contribution >= 0.6 is 9.24 Å². The second kappa shape index (κ2) is 6.55. The summed E-state index contributed by atoms with van der Waals surface area (Å²) in [6, 6.07) is 0. The Morgan fingerprint density at radius 1 is 1.06 bits per heavy atom. The monoisotopic (exact) mass is 256 g/mol. The molecule has 0 bridgehead atoms. The molecule has 1 fully saturated rings. The van der Waals surface area contributed by atoms with Gasteiger partial charge in [0, 0.05) is 0 Å². The molecule has 0 spiro atoms. The van der Waals surface area contributed by atoms with Gasteiger partial charge in [-0.05, 0) is 60.4 Å². The molecular weight excluding hydrogens is 223 g/mol. The first kappa shape index (κ1) is 15.5. The van der Waals surface area contributed by atoms with Crippen molar-refractivity contribution in [2.45, 2.75) is 54.4 Å². The largest absolute Gasteiger partial charge is 0.137 e. The molecule has 0 aromatic heterocycles. The van der Waals surface area contributed by atoms with Crippen molar-refractivity contribution in [1.82, 2.24) is 0 Å². The summed E-state index contributed by atoms with van der Waals surface area (Å²) in [7, 11) is 3.01. The molecule has 0 heterocycles. The van der Waals surface area contributed by atoms with E-state index >= 15 is 0 Å². The summed E-state index contributed by atoms with van der Waals surface area (Å²) < 4.78 is 0. The van der Waals surface area contributed by atoms with Gasteiger partial charge in [-0.1, -0.05) is 41.5 Å². The zero-order chi connectivity index (χ0) is 13.2. The van der Waals surface area contributed by atoms with Crippen LogP contribution in [0.3, 0.4) is 0 Å². The molecule has 6 unspecified atom stereocenters. The molecule has 6 atom stereocenters. The van der Waals surface area contributed by atoms with Crippen molar-refractivity contribution in [2.75, 3.05) is 6.16 Å². The highest BCUT2D eigenvalue weighted by Gasteiger charge is 2.40. The molecule has 1 aliphatic carbocycles. The fraction of sp³-hybridized carbons (Fsp3) is 1.00. The zero-order valence-electron chi connectivity index (χ0n) is 12.7. The number of hydrogen-bond donors (Lipinski definition) is 0. The van der Waals surface area contributed by atoms with Crippen molar-refractivity contribution >= 4 is 9.24 Å². The Morgan fingerprint density at radius 3 is 2.06 bits per heavy atom. The molecule has 0 aromatic rings. The van der Waals surface area contributed by atoms with Crippen LogP contribution in [0.1, 0.15) is 54.4 Å². The molecular formula is C16H33P. The lowest BCUT2D eigenvalue weighted by molar-refractivity contribution is 0.0322. The standard InChI is InChI=1S/C16H33P/c1-10(2)7-16-13(6)12(5)15(11(3)4)8-14(16)9-17/h10-16H,7-9,17H2,1-6H3. The maximum Gasteiger partial charge on any atom is -0.0346 e. The van der Waals surface area contributed by atoms with Gasteiger partial charge in [0.05, 0.1) is 0 Å². The maximum atomic E-state index is 3.01. The first-order valence-electron chi connectivity index (χ1n) is 7.58. The van der Waals surface area contributed by atoms with Gasteiger partial charge in [-0.25, -0.2) is 0 Å². The third kappa shape index (κ3) is 3.69. The quantitative estimate of drug-likeness (QED) is 0.615. The fourth-order valence-electron chi connectivity index (χ4n) is 4.05. The molecule has 17 heavy (non-hydrogen) atoms. The van der Waals surface area contributed by atoms with Crippen LogP contribution in [0.15, 0.2) is 0 Å². The van der Waals surface area contributed by atoms with Crippen molar-refractivity contribution in [3.8, 4) is 0 Å². The van der Waals surface area contributed by atoms with Crippen LogP contribution in [-0.2, 0) is 0 Å². The highest BCUT2D eigenvalue weighted by atomic mass is 31.0.